The van der Waals surface area contributed by atoms with Gasteiger partial charge in [0.2, 0.25) is 0 Å². The monoisotopic (exact) mass is 355 g/mol. The van der Waals surface area contributed by atoms with E-state index in [1.54, 1.807) is 18.2 Å². The van der Waals surface area contributed by atoms with Gasteiger partial charge in [-0.25, -0.2) is 0 Å². The highest BCUT2D eigenvalue weighted by atomic mass is 35.5. The minimum Gasteiger partial charge on any atom is -0.332 e. The van der Waals surface area contributed by atoms with Crippen molar-refractivity contribution in [3.8, 4) is 0 Å². The topological polar surface area (TPSA) is 67.2 Å². The Bertz CT molecular complexity index is 753. The third kappa shape index (κ3) is 4.07. The Labute approximate surface area is 142 Å². The van der Waals surface area contributed by atoms with E-state index in [-0.39, 0.29) is 10.7 Å². The van der Waals surface area contributed by atoms with E-state index in [2.05, 4.69) is 10.6 Å². The average Bonchev–Trinajstić information content (AvgIpc) is 2.44. The molecule has 2 N–H and O–H groups in total. The van der Waals surface area contributed by atoms with Crippen molar-refractivity contribution in [1.29, 1.82) is 0 Å². The largest absolute Gasteiger partial charge is 0.332 e. The zero-order valence-electron chi connectivity index (χ0n) is 11.4. The van der Waals surface area contributed by atoms with Gasteiger partial charge < -0.3 is 10.6 Å². The maximum atomic E-state index is 10.9. The van der Waals surface area contributed by atoms with Crippen molar-refractivity contribution in [2.75, 3.05) is 10.6 Å². The number of nitro groups is 1. The van der Waals surface area contributed by atoms with Crippen LogP contribution in [0.5, 0.6) is 0 Å². The van der Waals surface area contributed by atoms with Crippen molar-refractivity contribution in [3.05, 3.63) is 62.1 Å². The third-order valence-corrected chi connectivity index (χ3v) is 3.61. The Hall–Kier alpha value is -1.89. The van der Waals surface area contributed by atoms with Crippen LogP contribution in [0.1, 0.15) is 5.56 Å². The number of nitro benzene ring substituents is 1. The molecule has 0 saturated carbocycles. The van der Waals surface area contributed by atoms with E-state index in [1.807, 2.05) is 13.0 Å². The van der Waals surface area contributed by atoms with Crippen LogP contribution < -0.4 is 10.6 Å². The number of halogens is 2. The van der Waals surface area contributed by atoms with Crippen LogP contribution in [0.2, 0.25) is 10.0 Å². The Balaban J connectivity index is 2.14. The van der Waals surface area contributed by atoms with Gasteiger partial charge in [-0.3, -0.25) is 10.1 Å². The summed E-state index contributed by atoms with van der Waals surface area (Å²) in [6.45, 7) is 1.91. The van der Waals surface area contributed by atoms with Crippen molar-refractivity contribution in [2.24, 2.45) is 0 Å². The molecule has 0 heterocycles. The van der Waals surface area contributed by atoms with Crippen molar-refractivity contribution in [3.63, 3.8) is 0 Å². The number of rotatable bonds is 3. The molecule has 0 amide bonds. The van der Waals surface area contributed by atoms with Crippen LogP contribution >= 0.6 is 35.4 Å². The maximum Gasteiger partial charge on any atom is 0.289 e. The highest BCUT2D eigenvalue weighted by molar-refractivity contribution is 7.80. The standard InChI is InChI=1S/C14H11Cl2N3O2S/c1-8-2-3-9(15)6-12(8)18-14(22)17-10-4-5-11(16)13(7-10)19(20)21/h2-7H,1H3,(H2,17,18,22). The average molecular weight is 356 g/mol. The second-order valence-electron chi connectivity index (χ2n) is 4.46. The normalized spacial score (nSPS) is 10.1. The fraction of sp³-hybridized carbons (Fsp3) is 0.0714. The molecule has 2 rings (SSSR count). The van der Waals surface area contributed by atoms with Crippen LogP contribution in [-0.2, 0) is 0 Å². The summed E-state index contributed by atoms with van der Waals surface area (Å²) in [7, 11) is 0. The van der Waals surface area contributed by atoms with E-state index < -0.39 is 4.92 Å². The molecule has 2 aromatic rings. The number of anilines is 2. The SMILES string of the molecule is Cc1ccc(Cl)cc1NC(=S)Nc1ccc(Cl)c([N+](=O)[O-])c1. The Morgan fingerprint density at radius 2 is 1.91 bits per heavy atom. The van der Waals surface area contributed by atoms with Gasteiger partial charge in [-0.2, -0.15) is 0 Å². The molecule has 0 saturated heterocycles. The van der Waals surface area contributed by atoms with Crippen molar-refractivity contribution < 1.29 is 4.92 Å². The lowest BCUT2D eigenvalue weighted by atomic mass is 10.2. The molecule has 22 heavy (non-hydrogen) atoms. The number of hydrogen-bond acceptors (Lipinski definition) is 3. The number of thiocarbonyl (C=S) groups is 1. The molecular formula is C14H11Cl2N3O2S. The van der Waals surface area contributed by atoms with Crippen LogP contribution in [0.3, 0.4) is 0 Å². The van der Waals surface area contributed by atoms with Crippen LogP contribution in [-0.4, -0.2) is 10.0 Å². The third-order valence-electron chi connectivity index (χ3n) is 2.85. The summed E-state index contributed by atoms with van der Waals surface area (Å²) in [5.41, 5.74) is 2.01. The van der Waals surface area contributed by atoms with E-state index in [9.17, 15) is 10.1 Å². The number of nitrogens with zero attached hydrogens (tertiary/aromatic N) is 1. The van der Waals surface area contributed by atoms with Crippen molar-refractivity contribution >= 4 is 57.6 Å². The predicted molar refractivity (Wildman–Crippen MR) is 94.1 cm³/mol. The van der Waals surface area contributed by atoms with Gasteiger partial charge in [0, 0.05) is 22.5 Å². The van der Waals surface area contributed by atoms with E-state index in [0.717, 1.165) is 11.3 Å². The molecule has 2 aromatic carbocycles. The van der Waals surface area contributed by atoms with Crippen LogP contribution in [0.15, 0.2) is 36.4 Å². The molecule has 5 nitrogen and oxygen atoms in total. The summed E-state index contributed by atoms with van der Waals surface area (Å²) in [6, 6.07) is 9.75. The van der Waals surface area contributed by atoms with E-state index in [0.29, 0.717) is 15.8 Å². The van der Waals surface area contributed by atoms with Gasteiger partial charge in [0.05, 0.1) is 4.92 Å². The molecule has 0 fully saturated rings. The van der Waals surface area contributed by atoms with Gasteiger partial charge in [-0.1, -0.05) is 29.3 Å². The molecule has 114 valence electrons. The minimum atomic E-state index is -0.550. The smallest absolute Gasteiger partial charge is 0.289 e. The number of hydrogen-bond donors (Lipinski definition) is 2. The fourth-order valence-corrected chi connectivity index (χ4v) is 2.33. The first kappa shape index (κ1) is 16.5. The van der Waals surface area contributed by atoms with E-state index in [1.165, 1.54) is 12.1 Å². The molecule has 8 heteroatoms. The number of benzene rings is 2. The van der Waals surface area contributed by atoms with Crippen molar-refractivity contribution in [1.82, 2.24) is 0 Å². The fourth-order valence-electron chi connectivity index (χ4n) is 1.74. The van der Waals surface area contributed by atoms with Gasteiger partial charge in [-0.05, 0) is 49.0 Å². The molecule has 0 aliphatic heterocycles. The number of aryl methyl sites for hydroxylation is 1. The lowest BCUT2D eigenvalue weighted by Gasteiger charge is -2.13. The van der Waals surface area contributed by atoms with E-state index in [4.69, 9.17) is 35.4 Å². The number of nitrogens with one attached hydrogen (secondary N) is 2. The first-order valence-corrected chi connectivity index (χ1v) is 7.31. The maximum absolute atomic E-state index is 10.9. The summed E-state index contributed by atoms with van der Waals surface area (Å²) in [6.07, 6.45) is 0. The minimum absolute atomic E-state index is 0.0695. The van der Waals surface area contributed by atoms with Gasteiger partial charge in [0.1, 0.15) is 5.02 Å². The quantitative estimate of drug-likeness (QED) is 0.459. The molecule has 0 aliphatic rings. The predicted octanol–water partition coefficient (Wildman–Crippen LogP) is 5.02. The molecule has 0 unspecified atom stereocenters. The van der Waals surface area contributed by atoms with E-state index >= 15 is 0 Å². The summed E-state index contributed by atoms with van der Waals surface area (Å²) in [4.78, 5) is 10.3. The first-order chi connectivity index (χ1) is 10.4. The highest BCUT2D eigenvalue weighted by Crippen LogP contribution is 2.27. The Kier molecular flexibility index (Phi) is 5.18. The summed E-state index contributed by atoms with van der Waals surface area (Å²) < 4.78 is 0. The van der Waals surface area contributed by atoms with Gasteiger partial charge >= 0.3 is 0 Å². The molecule has 0 radical (unpaired) electrons. The highest BCUT2D eigenvalue weighted by Gasteiger charge is 2.13. The summed E-state index contributed by atoms with van der Waals surface area (Å²) >= 11 is 16.9. The summed E-state index contributed by atoms with van der Waals surface area (Å²) in [5.74, 6) is 0. The van der Waals surface area contributed by atoms with Crippen LogP contribution in [0.25, 0.3) is 0 Å². The lowest BCUT2D eigenvalue weighted by molar-refractivity contribution is -0.384. The summed E-state index contributed by atoms with van der Waals surface area (Å²) in [5, 5.41) is 17.7. The molecule has 0 bridgehead atoms. The second-order valence-corrected chi connectivity index (χ2v) is 5.71. The van der Waals surface area contributed by atoms with Gasteiger partial charge in [0.15, 0.2) is 5.11 Å². The molecule has 0 atom stereocenters. The molecule has 0 aliphatic carbocycles. The molecule has 0 spiro atoms. The Morgan fingerprint density at radius 3 is 2.59 bits per heavy atom. The molecular weight excluding hydrogens is 345 g/mol. The van der Waals surface area contributed by atoms with Crippen LogP contribution in [0, 0.1) is 17.0 Å². The van der Waals surface area contributed by atoms with Gasteiger partial charge in [0.25, 0.3) is 5.69 Å². The lowest BCUT2D eigenvalue weighted by Crippen LogP contribution is -2.19. The van der Waals surface area contributed by atoms with Crippen molar-refractivity contribution in [2.45, 2.75) is 6.92 Å². The van der Waals surface area contributed by atoms with Gasteiger partial charge in [-0.15, -0.1) is 0 Å². The second kappa shape index (κ2) is 6.91. The molecule has 0 aromatic heterocycles. The zero-order valence-corrected chi connectivity index (χ0v) is 13.7. The zero-order chi connectivity index (χ0) is 16.3. The Morgan fingerprint density at radius 1 is 1.18 bits per heavy atom. The van der Waals surface area contributed by atoms with Crippen LogP contribution in [0.4, 0.5) is 17.1 Å². The first-order valence-electron chi connectivity index (χ1n) is 6.15.